The second-order valence-corrected chi connectivity index (χ2v) is 9.60. The molecule has 0 saturated heterocycles. The third-order valence-electron chi connectivity index (χ3n) is 5.45. The molecule has 0 aliphatic carbocycles. The summed E-state index contributed by atoms with van der Waals surface area (Å²) in [5.41, 5.74) is 1.84. The van der Waals surface area contributed by atoms with Crippen molar-refractivity contribution < 1.29 is 9.59 Å². The number of nitrogens with one attached hydrogen (secondary N) is 1. The number of carbonyl (C=O) groups excluding carboxylic acids is 2. The molecule has 2 amide bonds. The number of hydrogen-bond donors (Lipinski definition) is 1. The maximum Gasteiger partial charge on any atom is 0.243 e. The SMILES string of the molecule is CCCNC(=O)C(Cc1ccccc1)N(Cc1ccccc1Cl)C(=O)CCSc1ccccc1. The van der Waals surface area contributed by atoms with E-state index in [2.05, 4.69) is 5.32 Å². The van der Waals surface area contributed by atoms with Crippen LogP contribution in [0, 0.1) is 0 Å². The van der Waals surface area contributed by atoms with Crippen LogP contribution in [0.15, 0.2) is 89.8 Å². The van der Waals surface area contributed by atoms with Gasteiger partial charge < -0.3 is 10.2 Å². The molecule has 1 unspecified atom stereocenters. The minimum Gasteiger partial charge on any atom is -0.354 e. The van der Waals surface area contributed by atoms with Crippen LogP contribution in [0.5, 0.6) is 0 Å². The molecule has 1 atom stereocenters. The molecule has 178 valence electrons. The standard InChI is InChI=1S/C28H31ClN2O2S/c1-2-18-30-28(33)26(20-22-11-5-3-6-12-22)31(21-23-13-9-10-16-25(23)29)27(32)17-19-34-24-14-7-4-8-15-24/h3-16,26H,2,17-21H2,1H3,(H,30,33). The molecule has 0 heterocycles. The molecule has 0 spiro atoms. The normalized spacial score (nSPS) is 11.6. The predicted molar refractivity (Wildman–Crippen MR) is 141 cm³/mol. The summed E-state index contributed by atoms with van der Waals surface area (Å²) < 4.78 is 0. The van der Waals surface area contributed by atoms with Crippen molar-refractivity contribution in [3.63, 3.8) is 0 Å². The molecule has 0 aliphatic rings. The van der Waals surface area contributed by atoms with Crippen molar-refractivity contribution >= 4 is 35.2 Å². The van der Waals surface area contributed by atoms with E-state index < -0.39 is 6.04 Å². The maximum atomic E-state index is 13.5. The van der Waals surface area contributed by atoms with Crippen LogP contribution in [0.4, 0.5) is 0 Å². The first-order valence-corrected chi connectivity index (χ1v) is 13.0. The minimum atomic E-state index is -0.626. The van der Waals surface area contributed by atoms with Gasteiger partial charge in [0.15, 0.2) is 0 Å². The van der Waals surface area contributed by atoms with Gasteiger partial charge in [-0.05, 0) is 35.7 Å². The summed E-state index contributed by atoms with van der Waals surface area (Å²) in [6.07, 6.45) is 1.60. The van der Waals surface area contributed by atoms with Crippen molar-refractivity contribution in [2.24, 2.45) is 0 Å². The van der Waals surface area contributed by atoms with E-state index in [0.29, 0.717) is 30.2 Å². The first-order valence-electron chi connectivity index (χ1n) is 11.6. The fourth-order valence-electron chi connectivity index (χ4n) is 3.65. The van der Waals surface area contributed by atoms with Crippen LogP contribution in [-0.4, -0.2) is 35.1 Å². The molecule has 0 radical (unpaired) electrons. The van der Waals surface area contributed by atoms with Crippen molar-refractivity contribution in [2.75, 3.05) is 12.3 Å². The molecule has 34 heavy (non-hydrogen) atoms. The Balaban J connectivity index is 1.84. The highest BCUT2D eigenvalue weighted by molar-refractivity contribution is 7.99. The third kappa shape index (κ3) is 7.93. The Bertz CT molecular complexity index is 1050. The lowest BCUT2D eigenvalue weighted by Crippen LogP contribution is -2.50. The van der Waals surface area contributed by atoms with E-state index in [4.69, 9.17) is 11.6 Å². The lowest BCUT2D eigenvalue weighted by molar-refractivity contribution is -0.141. The number of carbonyl (C=O) groups is 2. The van der Waals surface area contributed by atoms with Crippen LogP contribution in [-0.2, 0) is 22.6 Å². The van der Waals surface area contributed by atoms with Crippen molar-refractivity contribution in [3.05, 3.63) is 101 Å². The van der Waals surface area contributed by atoms with Crippen molar-refractivity contribution in [3.8, 4) is 0 Å². The molecular formula is C28H31ClN2O2S. The summed E-state index contributed by atoms with van der Waals surface area (Å²) in [7, 11) is 0. The molecule has 0 fully saturated rings. The van der Waals surface area contributed by atoms with E-state index in [1.165, 1.54) is 0 Å². The Morgan fingerprint density at radius 3 is 2.26 bits per heavy atom. The van der Waals surface area contributed by atoms with Gasteiger partial charge in [0.2, 0.25) is 11.8 Å². The van der Waals surface area contributed by atoms with Crippen LogP contribution in [0.3, 0.4) is 0 Å². The Kier molecular flexibility index (Phi) is 10.5. The van der Waals surface area contributed by atoms with Gasteiger partial charge in [-0.15, -0.1) is 11.8 Å². The minimum absolute atomic E-state index is 0.0593. The Labute approximate surface area is 211 Å². The number of thioether (sulfide) groups is 1. The lowest BCUT2D eigenvalue weighted by atomic mass is 10.0. The Morgan fingerprint density at radius 2 is 1.59 bits per heavy atom. The van der Waals surface area contributed by atoms with E-state index in [1.807, 2.05) is 91.9 Å². The summed E-state index contributed by atoms with van der Waals surface area (Å²) in [6, 6.07) is 26.7. The van der Waals surface area contributed by atoms with E-state index in [-0.39, 0.29) is 18.4 Å². The van der Waals surface area contributed by atoms with Crippen molar-refractivity contribution in [1.29, 1.82) is 0 Å². The lowest BCUT2D eigenvalue weighted by Gasteiger charge is -2.32. The molecule has 0 bridgehead atoms. The number of hydrogen-bond acceptors (Lipinski definition) is 3. The van der Waals surface area contributed by atoms with Gasteiger partial charge >= 0.3 is 0 Å². The second kappa shape index (κ2) is 13.8. The summed E-state index contributed by atoms with van der Waals surface area (Å²) in [5, 5.41) is 3.59. The third-order valence-corrected chi connectivity index (χ3v) is 6.83. The van der Waals surface area contributed by atoms with Crippen LogP contribution in [0.2, 0.25) is 5.02 Å². The molecule has 4 nitrogen and oxygen atoms in total. The summed E-state index contributed by atoms with van der Waals surface area (Å²) >= 11 is 8.08. The molecule has 0 aliphatic heterocycles. The van der Waals surface area contributed by atoms with Crippen LogP contribution in [0.1, 0.15) is 30.9 Å². The van der Waals surface area contributed by atoms with Gasteiger partial charge in [-0.3, -0.25) is 9.59 Å². The summed E-state index contributed by atoms with van der Waals surface area (Å²) in [4.78, 5) is 29.6. The fraction of sp³-hybridized carbons (Fsp3) is 0.286. The highest BCUT2D eigenvalue weighted by Gasteiger charge is 2.30. The second-order valence-electron chi connectivity index (χ2n) is 8.02. The summed E-state index contributed by atoms with van der Waals surface area (Å²) in [5.74, 6) is 0.439. The molecule has 3 aromatic carbocycles. The average Bonchev–Trinajstić information content (AvgIpc) is 2.87. The van der Waals surface area contributed by atoms with Crippen molar-refractivity contribution in [1.82, 2.24) is 10.2 Å². The maximum absolute atomic E-state index is 13.5. The zero-order valence-corrected chi connectivity index (χ0v) is 21.0. The largest absolute Gasteiger partial charge is 0.354 e. The topological polar surface area (TPSA) is 49.4 Å². The molecule has 1 N–H and O–H groups in total. The molecule has 6 heteroatoms. The molecule has 0 aromatic heterocycles. The van der Waals surface area contributed by atoms with Gasteiger partial charge in [-0.25, -0.2) is 0 Å². The highest BCUT2D eigenvalue weighted by atomic mass is 35.5. The van der Waals surface area contributed by atoms with Crippen molar-refractivity contribution in [2.45, 2.75) is 43.7 Å². The van der Waals surface area contributed by atoms with Gasteiger partial charge in [-0.1, -0.05) is 85.3 Å². The number of nitrogens with zero attached hydrogens (tertiary/aromatic N) is 1. The molecule has 3 aromatic rings. The molecule has 0 saturated carbocycles. The Hall–Kier alpha value is -2.76. The zero-order chi connectivity index (χ0) is 24.2. The van der Waals surface area contributed by atoms with E-state index in [1.54, 1.807) is 16.7 Å². The smallest absolute Gasteiger partial charge is 0.243 e. The monoisotopic (exact) mass is 494 g/mol. The first kappa shape index (κ1) is 25.9. The van der Waals surface area contributed by atoms with Crippen LogP contribution >= 0.6 is 23.4 Å². The van der Waals surface area contributed by atoms with Gasteiger partial charge in [0, 0.05) is 41.6 Å². The van der Waals surface area contributed by atoms with E-state index >= 15 is 0 Å². The van der Waals surface area contributed by atoms with E-state index in [9.17, 15) is 9.59 Å². The fourth-order valence-corrected chi connectivity index (χ4v) is 4.70. The number of halogens is 1. The molecule has 3 rings (SSSR count). The van der Waals surface area contributed by atoms with Gasteiger partial charge in [0.05, 0.1) is 0 Å². The van der Waals surface area contributed by atoms with Crippen LogP contribution < -0.4 is 5.32 Å². The first-order chi connectivity index (χ1) is 16.6. The average molecular weight is 495 g/mol. The van der Waals surface area contributed by atoms with Gasteiger partial charge in [0.25, 0.3) is 0 Å². The molecular weight excluding hydrogens is 464 g/mol. The van der Waals surface area contributed by atoms with Crippen LogP contribution in [0.25, 0.3) is 0 Å². The number of benzene rings is 3. The zero-order valence-electron chi connectivity index (χ0n) is 19.5. The summed E-state index contributed by atoms with van der Waals surface area (Å²) in [6.45, 7) is 2.87. The predicted octanol–water partition coefficient (Wildman–Crippen LogP) is 5.99. The quantitative estimate of drug-likeness (QED) is 0.315. The number of rotatable bonds is 12. The number of amides is 2. The van der Waals surface area contributed by atoms with Gasteiger partial charge in [-0.2, -0.15) is 0 Å². The van der Waals surface area contributed by atoms with Gasteiger partial charge in [0.1, 0.15) is 6.04 Å². The van der Waals surface area contributed by atoms with E-state index in [0.717, 1.165) is 22.4 Å². The Morgan fingerprint density at radius 1 is 0.941 bits per heavy atom. The highest BCUT2D eigenvalue weighted by Crippen LogP contribution is 2.23.